The Morgan fingerprint density at radius 2 is 2.05 bits per heavy atom. The van der Waals surface area contributed by atoms with Crippen molar-refractivity contribution >= 4 is 18.0 Å². The smallest absolute Gasteiger partial charge is 0.408 e. The van der Waals surface area contributed by atoms with Gasteiger partial charge < -0.3 is 19.8 Å². The Labute approximate surface area is 116 Å². The molecule has 1 fully saturated rings. The summed E-state index contributed by atoms with van der Waals surface area (Å²) >= 11 is 0. The Balaban J connectivity index is 2.74. The van der Waals surface area contributed by atoms with Crippen LogP contribution in [0.25, 0.3) is 0 Å². The minimum atomic E-state index is -1.13. The van der Waals surface area contributed by atoms with Gasteiger partial charge in [-0.2, -0.15) is 0 Å². The molecule has 0 aromatic carbocycles. The average molecular weight is 288 g/mol. The van der Waals surface area contributed by atoms with Gasteiger partial charge in [0.25, 0.3) is 0 Å². The summed E-state index contributed by atoms with van der Waals surface area (Å²) in [6, 6.07) is -1.10. The van der Waals surface area contributed by atoms with Crippen LogP contribution < -0.4 is 0 Å². The van der Waals surface area contributed by atoms with Crippen molar-refractivity contribution < 1.29 is 29.3 Å². The van der Waals surface area contributed by atoms with Crippen molar-refractivity contribution in [1.82, 2.24) is 9.80 Å². The Kier molecular flexibility index (Phi) is 5.75. The quantitative estimate of drug-likeness (QED) is 0.716. The van der Waals surface area contributed by atoms with E-state index in [4.69, 9.17) is 14.9 Å². The summed E-state index contributed by atoms with van der Waals surface area (Å²) in [5.74, 6) is -1.25. The van der Waals surface area contributed by atoms with Crippen molar-refractivity contribution in [2.75, 3.05) is 26.8 Å². The van der Waals surface area contributed by atoms with Crippen molar-refractivity contribution in [1.29, 1.82) is 0 Å². The number of carboxylic acid groups (broad SMARTS) is 2. The van der Waals surface area contributed by atoms with E-state index in [0.29, 0.717) is 0 Å². The molecular formula is C12H20N2O6. The van der Waals surface area contributed by atoms with E-state index >= 15 is 0 Å². The molecular weight excluding hydrogens is 268 g/mol. The van der Waals surface area contributed by atoms with E-state index < -0.39 is 18.1 Å². The lowest BCUT2D eigenvalue weighted by molar-refractivity contribution is -0.145. The maximum atomic E-state index is 12.2. The van der Waals surface area contributed by atoms with Crippen LogP contribution in [0.5, 0.6) is 0 Å². The van der Waals surface area contributed by atoms with Crippen LogP contribution in [0, 0.1) is 0 Å². The zero-order valence-electron chi connectivity index (χ0n) is 11.6. The number of hydrogen-bond acceptors (Lipinski definition) is 4. The number of ether oxygens (including phenoxy) is 1. The van der Waals surface area contributed by atoms with Crippen molar-refractivity contribution in [3.8, 4) is 0 Å². The maximum absolute atomic E-state index is 12.2. The fourth-order valence-corrected chi connectivity index (χ4v) is 2.33. The Morgan fingerprint density at radius 1 is 1.40 bits per heavy atom. The van der Waals surface area contributed by atoms with Crippen molar-refractivity contribution in [2.45, 2.75) is 31.8 Å². The van der Waals surface area contributed by atoms with Gasteiger partial charge in [0, 0.05) is 26.6 Å². The Morgan fingerprint density at radius 3 is 2.55 bits per heavy atom. The van der Waals surface area contributed by atoms with Gasteiger partial charge >= 0.3 is 12.1 Å². The second-order valence-electron chi connectivity index (χ2n) is 4.73. The zero-order valence-corrected chi connectivity index (χ0v) is 11.6. The molecule has 8 nitrogen and oxygen atoms in total. The van der Waals surface area contributed by atoms with Crippen LogP contribution in [0.4, 0.5) is 4.79 Å². The minimum absolute atomic E-state index is 0.0607. The van der Waals surface area contributed by atoms with Gasteiger partial charge in [0.05, 0.1) is 12.6 Å². The van der Waals surface area contributed by atoms with Gasteiger partial charge in [-0.3, -0.25) is 14.5 Å². The normalized spacial score (nSPS) is 20.9. The van der Waals surface area contributed by atoms with E-state index in [-0.39, 0.29) is 44.5 Å². The van der Waals surface area contributed by atoms with Crippen LogP contribution in [0.2, 0.25) is 0 Å². The lowest BCUT2D eigenvalue weighted by Crippen LogP contribution is -2.60. The Hall–Kier alpha value is -1.83. The van der Waals surface area contributed by atoms with Gasteiger partial charge in [-0.15, -0.1) is 0 Å². The molecule has 2 amide bonds. The summed E-state index contributed by atoms with van der Waals surface area (Å²) in [6.45, 7) is 2.24. The molecule has 0 aromatic heterocycles. The highest BCUT2D eigenvalue weighted by molar-refractivity contribution is 5.86. The molecule has 114 valence electrons. The Bertz CT molecular complexity index is 386. The number of piperazine rings is 1. The molecule has 0 bridgehead atoms. The number of aliphatic carboxylic acids is 1. The van der Waals surface area contributed by atoms with Crippen molar-refractivity contribution in [3.63, 3.8) is 0 Å². The van der Waals surface area contributed by atoms with Crippen LogP contribution in [-0.2, 0) is 14.3 Å². The third-order valence-electron chi connectivity index (χ3n) is 3.43. The third kappa shape index (κ3) is 3.83. The van der Waals surface area contributed by atoms with Crippen LogP contribution in [0.15, 0.2) is 0 Å². The van der Waals surface area contributed by atoms with Gasteiger partial charge in [0.2, 0.25) is 5.91 Å². The van der Waals surface area contributed by atoms with Gasteiger partial charge in [-0.1, -0.05) is 0 Å². The number of hydrogen-bond donors (Lipinski definition) is 2. The lowest BCUT2D eigenvalue weighted by Gasteiger charge is -2.41. The first-order valence-electron chi connectivity index (χ1n) is 6.39. The molecule has 2 atom stereocenters. The van der Waals surface area contributed by atoms with Crippen molar-refractivity contribution in [3.05, 3.63) is 0 Å². The lowest BCUT2D eigenvalue weighted by atomic mass is 10.1. The van der Waals surface area contributed by atoms with E-state index in [1.54, 1.807) is 0 Å². The van der Waals surface area contributed by atoms with E-state index in [1.165, 1.54) is 18.9 Å². The summed E-state index contributed by atoms with van der Waals surface area (Å²) in [4.78, 5) is 36.5. The highest BCUT2D eigenvalue weighted by Crippen LogP contribution is 2.17. The van der Waals surface area contributed by atoms with E-state index in [9.17, 15) is 14.4 Å². The first kappa shape index (κ1) is 16.2. The first-order valence-corrected chi connectivity index (χ1v) is 6.39. The maximum Gasteiger partial charge on any atom is 0.408 e. The summed E-state index contributed by atoms with van der Waals surface area (Å²) in [6.07, 6.45) is -0.900. The predicted octanol–water partition coefficient (Wildman–Crippen LogP) is 0.0769. The van der Waals surface area contributed by atoms with Crippen LogP contribution >= 0.6 is 0 Å². The van der Waals surface area contributed by atoms with Gasteiger partial charge in [0.15, 0.2) is 0 Å². The standard InChI is InChI=1S/C12H20N2O6/c1-8-11(17)14(6-5-13(8)12(18)19)9(7-20-2)3-4-10(15)16/h8-9H,3-7H2,1-2H3,(H,15,16)(H,18,19)/t8?,9-/m0/s1. The average Bonchev–Trinajstić information content (AvgIpc) is 2.37. The highest BCUT2D eigenvalue weighted by atomic mass is 16.5. The number of methoxy groups -OCH3 is 1. The topological polar surface area (TPSA) is 107 Å². The third-order valence-corrected chi connectivity index (χ3v) is 3.43. The monoisotopic (exact) mass is 288 g/mol. The first-order chi connectivity index (χ1) is 9.38. The largest absolute Gasteiger partial charge is 0.481 e. The molecule has 1 saturated heterocycles. The van der Waals surface area contributed by atoms with Gasteiger partial charge in [-0.25, -0.2) is 4.79 Å². The number of carbonyl (C=O) groups excluding carboxylic acids is 1. The number of carbonyl (C=O) groups is 3. The highest BCUT2D eigenvalue weighted by Gasteiger charge is 2.37. The number of nitrogens with zero attached hydrogens (tertiary/aromatic N) is 2. The van der Waals surface area contributed by atoms with E-state index in [2.05, 4.69) is 0 Å². The molecule has 1 unspecified atom stereocenters. The molecule has 8 heteroatoms. The van der Waals surface area contributed by atoms with Crippen LogP contribution in [0.3, 0.4) is 0 Å². The molecule has 0 saturated carbocycles. The number of amides is 2. The molecule has 1 aliphatic rings. The fourth-order valence-electron chi connectivity index (χ4n) is 2.33. The molecule has 1 heterocycles. The predicted molar refractivity (Wildman–Crippen MR) is 68.4 cm³/mol. The summed E-state index contributed by atoms with van der Waals surface area (Å²) in [7, 11) is 1.48. The summed E-state index contributed by atoms with van der Waals surface area (Å²) in [5.41, 5.74) is 0. The van der Waals surface area contributed by atoms with Gasteiger partial charge in [-0.05, 0) is 13.3 Å². The molecule has 1 rings (SSSR count). The fraction of sp³-hybridized carbons (Fsp3) is 0.750. The molecule has 2 N–H and O–H groups in total. The van der Waals surface area contributed by atoms with Crippen LogP contribution in [0.1, 0.15) is 19.8 Å². The second kappa shape index (κ2) is 7.09. The molecule has 1 aliphatic heterocycles. The zero-order chi connectivity index (χ0) is 15.3. The molecule has 0 radical (unpaired) electrons. The summed E-state index contributed by atoms with van der Waals surface area (Å²) in [5, 5.41) is 17.7. The van der Waals surface area contributed by atoms with Gasteiger partial charge in [0.1, 0.15) is 6.04 Å². The van der Waals surface area contributed by atoms with Crippen LogP contribution in [-0.4, -0.2) is 76.9 Å². The number of carboxylic acids is 1. The minimum Gasteiger partial charge on any atom is -0.481 e. The second-order valence-corrected chi connectivity index (χ2v) is 4.73. The molecule has 20 heavy (non-hydrogen) atoms. The molecule has 0 aromatic rings. The SMILES string of the molecule is COC[C@H](CCC(=O)O)N1CCN(C(=O)O)C(C)C1=O. The molecule has 0 aliphatic carbocycles. The number of rotatable bonds is 6. The molecule has 0 spiro atoms. The summed E-state index contributed by atoms with van der Waals surface area (Å²) < 4.78 is 5.03. The van der Waals surface area contributed by atoms with E-state index in [1.807, 2.05) is 0 Å². The van der Waals surface area contributed by atoms with E-state index in [0.717, 1.165) is 4.90 Å². The van der Waals surface area contributed by atoms with Crippen molar-refractivity contribution in [2.24, 2.45) is 0 Å².